The Bertz CT molecular complexity index is 458. The van der Waals surface area contributed by atoms with Crippen molar-refractivity contribution in [2.24, 2.45) is 5.41 Å². The van der Waals surface area contributed by atoms with Gasteiger partial charge in [0.1, 0.15) is 0 Å². The maximum Gasteiger partial charge on any atom is 0.0852 e. The summed E-state index contributed by atoms with van der Waals surface area (Å²) in [5, 5.41) is 13.6. The topological polar surface area (TPSA) is 44.7 Å². The van der Waals surface area contributed by atoms with Crippen molar-refractivity contribution in [1.82, 2.24) is 10.2 Å². The third-order valence-electron chi connectivity index (χ3n) is 4.62. The predicted octanol–water partition coefficient (Wildman–Crippen LogP) is 2.27. The van der Waals surface area contributed by atoms with E-state index in [1.165, 1.54) is 5.56 Å². The molecule has 0 aliphatic carbocycles. The molecule has 1 aliphatic heterocycles. The first kappa shape index (κ1) is 18.4. The molecule has 1 saturated heterocycles. The van der Waals surface area contributed by atoms with Crippen LogP contribution in [0.5, 0.6) is 0 Å². The molecule has 2 N–H and O–H groups in total. The van der Waals surface area contributed by atoms with Crippen LogP contribution in [-0.2, 0) is 11.3 Å². The standard InChI is InChI=1S/C19H32N2O2/c1-15(20-12-18(22)19(2,3)4)17-14-21(10-11-23-17)13-16-8-6-5-7-9-16/h5-9,15,17-18,20,22H,10-14H2,1-4H3. The van der Waals surface area contributed by atoms with E-state index in [1.807, 2.05) is 0 Å². The zero-order valence-electron chi connectivity index (χ0n) is 15.0. The van der Waals surface area contributed by atoms with Gasteiger partial charge in [0.05, 0.1) is 18.8 Å². The number of ether oxygens (including phenoxy) is 1. The van der Waals surface area contributed by atoms with Gasteiger partial charge in [0, 0.05) is 32.2 Å². The van der Waals surface area contributed by atoms with E-state index in [2.05, 4.69) is 68.2 Å². The number of aliphatic hydroxyl groups excluding tert-OH is 1. The van der Waals surface area contributed by atoms with E-state index in [0.29, 0.717) is 6.54 Å². The lowest BCUT2D eigenvalue weighted by Crippen LogP contribution is -2.52. The number of hydrogen-bond donors (Lipinski definition) is 2. The van der Waals surface area contributed by atoms with Crippen molar-refractivity contribution in [2.45, 2.75) is 52.5 Å². The molecule has 3 unspecified atom stereocenters. The molecular formula is C19H32N2O2. The fourth-order valence-electron chi connectivity index (χ4n) is 2.75. The van der Waals surface area contributed by atoms with Crippen molar-refractivity contribution in [3.63, 3.8) is 0 Å². The highest BCUT2D eigenvalue weighted by Crippen LogP contribution is 2.19. The SMILES string of the molecule is CC(NCC(O)C(C)(C)C)C1CN(Cc2ccccc2)CCO1. The van der Waals surface area contributed by atoms with Crippen LogP contribution in [0.1, 0.15) is 33.3 Å². The summed E-state index contributed by atoms with van der Waals surface area (Å²) in [5.41, 5.74) is 1.25. The molecule has 1 fully saturated rings. The van der Waals surface area contributed by atoms with Gasteiger partial charge in [-0.1, -0.05) is 51.1 Å². The Labute approximate surface area is 140 Å². The molecule has 130 valence electrons. The second-order valence-corrected chi connectivity index (χ2v) is 7.71. The average molecular weight is 320 g/mol. The molecule has 2 rings (SSSR count). The Morgan fingerprint density at radius 2 is 2.00 bits per heavy atom. The van der Waals surface area contributed by atoms with Crippen LogP contribution in [0, 0.1) is 5.41 Å². The Kier molecular flexibility index (Phi) is 6.60. The molecule has 1 aromatic carbocycles. The van der Waals surface area contributed by atoms with Gasteiger partial charge in [-0.05, 0) is 17.9 Å². The van der Waals surface area contributed by atoms with Gasteiger partial charge in [-0.3, -0.25) is 4.90 Å². The number of hydrogen-bond acceptors (Lipinski definition) is 4. The van der Waals surface area contributed by atoms with Gasteiger partial charge in [0.25, 0.3) is 0 Å². The van der Waals surface area contributed by atoms with Crippen molar-refractivity contribution in [2.75, 3.05) is 26.2 Å². The molecule has 0 radical (unpaired) electrons. The summed E-state index contributed by atoms with van der Waals surface area (Å²) in [5.74, 6) is 0. The molecule has 1 aromatic rings. The van der Waals surface area contributed by atoms with Crippen LogP contribution in [0.15, 0.2) is 30.3 Å². The summed E-state index contributed by atoms with van der Waals surface area (Å²) in [6.07, 6.45) is -0.186. The predicted molar refractivity (Wildman–Crippen MR) is 94.4 cm³/mol. The fraction of sp³-hybridized carbons (Fsp3) is 0.684. The van der Waals surface area contributed by atoms with Gasteiger partial charge in [-0.25, -0.2) is 0 Å². The second-order valence-electron chi connectivity index (χ2n) is 7.71. The van der Waals surface area contributed by atoms with E-state index >= 15 is 0 Å². The summed E-state index contributed by atoms with van der Waals surface area (Å²) in [4.78, 5) is 2.45. The molecule has 3 atom stereocenters. The zero-order valence-corrected chi connectivity index (χ0v) is 15.0. The van der Waals surface area contributed by atoms with Crippen LogP contribution < -0.4 is 5.32 Å². The lowest BCUT2D eigenvalue weighted by molar-refractivity contribution is -0.0489. The number of aliphatic hydroxyl groups is 1. The third-order valence-corrected chi connectivity index (χ3v) is 4.62. The molecule has 0 bridgehead atoms. The largest absolute Gasteiger partial charge is 0.391 e. The molecule has 4 heteroatoms. The lowest BCUT2D eigenvalue weighted by Gasteiger charge is -2.37. The zero-order chi connectivity index (χ0) is 16.9. The number of nitrogens with one attached hydrogen (secondary N) is 1. The third kappa shape index (κ3) is 5.88. The summed E-state index contributed by atoms with van der Waals surface area (Å²) in [6.45, 7) is 12.6. The molecule has 1 heterocycles. The molecule has 0 spiro atoms. The average Bonchev–Trinajstić information content (AvgIpc) is 2.52. The summed E-state index contributed by atoms with van der Waals surface area (Å²) >= 11 is 0. The molecular weight excluding hydrogens is 288 g/mol. The molecule has 0 amide bonds. The lowest BCUT2D eigenvalue weighted by atomic mass is 9.89. The van der Waals surface area contributed by atoms with Crippen molar-refractivity contribution in [3.8, 4) is 0 Å². The van der Waals surface area contributed by atoms with Crippen molar-refractivity contribution in [1.29, 1.82) is 0 Å². The Morgan fingerprint density at radius 3 is 2.65 bits per heavy atom. The van der Waals surface area contributed by atoms with E-state index < -0.39 is 0 Å². The normalized spacial score (nSPS) is 22.7. The van der Waals surface area contributed by atoms with E-state index in [4.69, 9.17) is 4.74 Å². The monoisotopic (exact) mass is 320 g/mol. The van der Waals surface area contributed by atoms with E-state index in [1.54, 1.807) is 0 Å². The highest BCUT2D eigenvalue weighted by molar-refractivity contribution is 5.14. The fourth-order valence-corrected chi connectivity index (χ4v) is 2.75. The van der Waals surface area contributed by atoms with Gasteiger partial charge in [0.2, 0.25) is 0 Å². The highest BCUT2D eigenvalue weighted by Gasteiger charge is 2.27. The van der Waals surface area contributed by atoms with E-state index in [0.717, 1.165) is 26.2 Å². The first-order chi connectivity index (χ1) is 10.9. The minimum atomic E-state index is -0.353. The number of nitrogens with zero attached hydrogens (tertiary/aromatic N) is 1. The van der Waals surface area contributed by atoms with Crippen molar-refractivity contribution < 1.29 is 9.84 Å². The minimum absolute atomic E-state index is 0.0977. The van der Waals surface area contributed by atoms with Gasteiger partial charge in [-0.15, -0.1) is 0 Å². The van der Waals surface area contributed by atoms with Crippen LogP contribution in [0.4, 0.5) is 0 Å². The van der Waals surface area contributed by atoms with Gasteiger partial charge in [0.15, 0.2) is 0 Å². The highest BCUT2D eigenvalue weighted by atomic mass is 16.5. The summed E-state index contributed by atoms with van der Waals surface area (Å²) in [6, 6.07) is 10.8. The van der Waals surface area contributed by atoms with Crippen LogP contribution in [0.25, 0.3) is 0 Å². The maximum absolute atomic E-state index is 10.2. The Morgan fingerprint density at radius 1 is 1.30 bits per heavy atom. The molecule has 4 nitrogen and oxygen atoms in total. The first-order valence-corrected chi connectivity index (χ1v) is 8.65. The molecule has 1 aliphatic rings. The van der Waals surface area contributed by atoms with Crippen molar-refractivity contribution >= 4 is 0 Å². The quantitative estimate of drug-likeness (QED) is 0.844. The van der Waals surface area contributed by atoms with Gasteiger partial charge >= 0.3 is 0 Å². The van der Waals surface area contributed by atoms with E-state index in [-0.39, 0.29) is 23.7 Å². The molecule has 0 saturated carbocycles. The first-order valence-electron chi connectivity index (χ1n) is 8.65. The van der Waals surface area contributed by atoms with Crippen LogP contribution in [0.3, 0.4) is 0 Å². The second kappa shape index (κ2) is 8.25. The van der Waals surface area contributed by atoms with Crippen LogP contribution in [-0.4, -0.2) is 54.5 Å². The smallest absolute Gasteiger partial charge is 0.0852 e. The van der Waals surface area contributed by atoms with Crippen LogP contribution in [0.2, 0.25) is 0 Å². The van der Waals surface area contributed by atoms with Gasteiger partial charge in [-0.2, -0.15) is 0 Å². The Balaban J connectivity index is 1.80. The molecule has 23 heavy (non-hydrogen) atoms. The van der Waals surface area contributed by atoms with Crippen LogP contribution >= 0.6 is 0 Å². The Hall–Kier alpha value is -0.940. The molecule has 0 aromatic heterocycles. The minimum Gasteiger partial charge on any atom is -0.391 e. The number of rotatable bonds is 6. The number of benzene rings is 1. The van der Waals surface area contributed by atoms with Gasteiger partial charge < -0.3 is 15.2 Å². The summed E-state index contributed by atoms with van der Waals surface area (Å²) < 4.78 is 5.94. The number of morpholine rings is 1. The van der Waals surface area contributed by atoms with E-state index in [9.17, 15) is 5.11 Å². The van der Waals surface area contributed by atoms with Crippen molar-refractivity contribution in [3.05, 3.63) is 35.9 Å². The summed E-state index contributed by atoms with van der Waals surface area (Å²) in [7, 11) is 0. The maximum atomic E-state index is 10.2.